The Morgan fingerprint density at radius 2 is 2.06 bits per heavy atom. The molecule has 1 heterocycles. The molecule has 0 fully saturated rings. The van der Waals surface area contributed by atoms with Crippen molar-refractivity contribution in [1.82, 2.24) is 10.4 Å². The first-order valence-electron chi connectivity index (χ1n) is 5.96. The van der Waals surface area contributed by atoms with Gasteiger partial charge in [0, 0.05) is 26.5 Å². The first-order chi connectivity index (χ1) is 7.76. The van der Waals surface area contributed by atoms with Gasteiger partial charge in [-0.3, -0.25) is 0 Å². The molecule has 0 aromatic carbocycles. The van der Waals surface area contributed by atoms with Gasteiger partial charge in [-0.15, -0.1) is 0 Å². The van der Waals surface area contributed by atoms with Crippen molar-refractivity contribution in [2.75, 3.05) is 13.7 Å². The highest BCUT2D eigenvalue weighted by Gasteiger charge is 2.24. The summed E-state index contributed by atoms with van der Waals surface area (Å²) in [5.41, 5.74) is 3.29. The number of aliphatic imine (C=N–C) groups is 2. The Balaban J connectivity index is 2.80. The average Bonchev–Trinajstić information content (AvgIpc) is 2.35. The van der Waals surface area contributed by atoms with Crippen molar-refractivity contribution in [2.45, 2.75) is 46.4 Å². The molecule has 5 nitrogen and oxygen atoms in total. The van der Waals surface area contributed by atoms with Gasteiger partial charge in [-0.2, -0.15) is 0 Å². The molecule has 1 unspecified atom stereocenters. The first kappa shape index (κ1) is 13.1. The zero-order chi connectivity index (χ0) is 12.0. The second-order valence-corrected chi connectivity index (χ2v) is 3.62. The fourth-order valence-electron chi connectivity index (χ4n) is 1.52. The van der Waals surface area contributed by atoms with Crippen LogP contribution < -0.4 is 5.43 Å². The van der Waals surface area contributed by atoms with Crippen molar-refractivity contribution in [3.8, 4) is 0 Å². The molecule has 1 aliphatic rings. The lowest BCUT2D eigenvalue weighted by Crippen LogP contribution is -2.52. The number of hydrogen-bond acceptors (Lipinski definition) is 5. The third-order valence-corrected chi connectivity index (χ3v) is 2.39. The van der Waals surface area contributed by atoms with Gasteiger partial charge >= 0.3 is 0 Å². The molecule has 1 aliphatic heterocycles. The SMILES string of the molecule is CCCNN1C(CC)=NC(CC)=NC1OC. The Morgan fingerprint density at radius 3 is 2.56 bits per heavy atom. The van der Waals surface area contributed by atoms with E-state index in [1.165, 1.54) is 0 Å². The molecule has 0 spiro atoms. The predicted molar refractivity (Wildman–Crippen MR) is 66.4 cm³/mol. The summed E-state index contributed by atoms with van der Waals surface area (Å²) in [5.74, 6) is 1.85. The number of methoxy groups -OCH3 is 1. The summed E-state index contributed by atoms with van der Waals surface area (Å²) in [6.07, 6.45) is 2.49. The molecule has 1 N–H and O–H groups in total. The second-order valence-electron chi connectivity index (χ2n) is 3.62. The topological polar surface area (TPSA) is 49.2 Å². The molecule has 0 aromatic heterocycles. The van der Waals surface area contributed by atoms with E-state index in [4.69, 9.17) is 4.74 Å². The molecular weight excluding hydrogens is 204 g/mol. The quantitative estimate of drug-likeness (QED) is 0.751. The molecule has 0 amide bonds. The van der Waals surface area contributed by atoms with Gasteiger partial charge < -0.3 is 4.74 Å². The normalized spacial score (nSPS) is 20.8. The monoisotopic (exact) mass is 226 g/mol. The van der Waals surface area contributed by atoms with Crippen LogP contribution in [-0.4, -0.2) is 36.7 Å². The Morgan fingerprint density at radius 1 is 1.31 bits per heavy atom. The van der Waals surface area contributed by atoms with Gasteiger partial charge in [0.2, 0.25) is 6.35 Å². The second kappa shape index (κ2) is 6.60. The van der Waals surface area contributed by atoms with E-state index < -0.39 is 0 Å². The molecule has 0 aliphatic carbocycles. The molecule has 1 rings (SSSR count). The van der Waals surface area contributed by atoms with Gasteiger partial charge in [-0.05, 0) is 6.42 Å². The molecule has 16 heavy (non-hydrogen) atoms. The van der Waals surface area contributed by atoms with Crippen LogP contribution in [0, 0.1) is 0 Å². The summed E-state index contributed by atoms with van der Waals surface area (Å²) in [5, 5.41) is 1.92. The van der Waals surface area contributed by atoms with Gasteiger partial charge in [0.1, 0.15) is 11.7 Å². The van der Waals surface area contributed by atoms with Crippen LogP contribution in [-0.2, 0) is 4.74 Å². The van der Waals surface area contributed by atoms with Crippen molar-refractivity contribution < 1.29 is 4.74 Å². The van der Waals surface area contributed by atoms with E-state index >= 15 is 0 Å². The van der Waals surface area contributed by atoms with Gasteiger partial charge in [0.25, 0.3) is 0 Å². The minimum absolute atomic E-state index is 0.283. The van der Waals surface area contributed by atoms with Crippen LogP contribution in [0.4, 0.5) is 0 Å². The summed E-state index contributed by atoms with van der Waals surface area (Å²) in [6, 6.07) is 0. The molecule has 0 bridgehead atoms. The maximum atomic E-state index is 5.36. The van der Waals surface area contributed by atoms with Crippen LogP contribution in [0.1, 0.15) is 40.0 Å². The van der Waals surface area contributed by atoms with Crippen LogP contribution in [0.25, 0.3) is 0 Å². The van der Waals surface area contributed by atoms with Gasteiger partial charge in [0.15, 0.2) is 0 Å². The highest BCUT2D eigenvalue weighted by atomic mass is 16.5. The lowest BCUT2D eigenvalue weighted by molar-refractivity contribution is -0.0136. The Kier molecular flexibility index (Phi) is 5.42. The largest absolute Gasteiger partial charge is 0.341 e. The van der Waals surface area contributed by atoms with E-state index in [0.29, 0.717) is 0 Å². The summed E-state index contributed by atoms with van der Waals surface area (Å²) in [6.45, 7) is 7.17. The maximum Gasteiger partial charge on any atom is 0.244 e. The smallest absolute Gasteiger partial charge is 0.244 e. The summed E-state index contributed by atoms with van der Waals surface area (Å²) < 4.78 is 5.36. The van der Waals surface area contributed by atoms with E-state index in [1.807, 2.05) is 5.01 Å². The summed E-state index contributed by atoms with van der Waals surface area (Å²) >= 11 is 0. The molecule has 0 radical (unpaired) electrons. The van der Waals surface area contributed by atoms with Crippen molar-refractivity contribution in [1.29, 1.82) is 0 Å². The zero-order valence-electron chi connectivity index (χ0n) is 10.7. The lowest BCUT2D eigenvalue weighted by Gasteiger charge is -2.33. The molecule has 92 valence electrons. The Bertz CT molecular complexity index is 275. The van der Waals surface area contributed by atoms with Gasteiger partial charge in [-0.25, -0.2) is 20.4 Å². The zero-order valence-corrected chi connectivity index (χ0v) is 10.7. The number of amidine groups is 2. The van der Waals surface area contributed by atoms with Crippen LogP contribution in [0.5, 0.6) is 0 Å². The average molecular weight is 226 g/mol. The van der Waals surface area contributed by atoms with E-state index in [0.717, 1.165) is 37.5 Å². The molecule has 0 saturated heterocycles. The number of hydrogen-bond donors (Lipinski definition) is 1. The van der Waals surface area contributed by atoms with Crippen LogP contribution in [0.2, 0.25) is 0 Å². The maximum absolute atomic E-state index is 5.36. The van der Waals surface area contributed by atoms with Gasteiger partial charge in [0.05, 0.1) is 0 Å². The molecule has 0 aromatic rings. The van der Waals surface area contributed by atoms with E-state index in [2.05, 4.69) is 36.2 Å². The van der Waals surface area contributed by atoms with Crippen molar-refractivity contribution in [3.63, 3.8) is 0 Å². The molecule has 1 atom stereocenters. The molecular formula is C11H22N4O. The van der Waals surface area contributed by atoms with Crippen LogP contribution in [0.3, 0.4) is 0 Å². The number of rotatable bonds is 6. The Hall–Kier alpha value is -0.940. The van der Waals surface area contributed by atoms with E-state index in [-0.39, 0.29) is 6.35 Å². The molecule has 0 saturated carbocycles. The molecule has 5 heteroatoms. The number of nitrogens with zero attached hydrogens (tertiary/aromatic N) is 3. The standard InChI is InChI=1S/C11H22N4O/c1-5-8-12-15-10(7-3)13-9(6-2)14-11(15)16-4/h11-12H,5-8H2,1-4H3. The van der Waals surface area contributed by atoms with Crippen LogP contribution in [0.15, 0.2) is 9.98 Å². The fraction of sp³-hybridized carbons (Fsp3) is 0.818. The van der Waals surface area contributed by atoms with Gasteiger partial charge in [-0.1, -0.05) is 20.8 Å². The van der Waals surface area contributed by atoms with E-state index in [9.17, 15) is 0 Å². The third-order valence-electron chi connectivity index (χ3n) is 2.39. The van der Waals surface area contributed by atoms with E-state index in [1.54, 1.807) is 7.11 Å². The predicted octanol–water partition coefficient (Wildman–Crippen LogP) is 1.76. The summed E-state index contributed by atoms with van der Waals surface area (Å²) in [7, 11) is 1.67. The van der Waals surface area contributed by atoms with Crippen molar-refractivity contribution >= 4 is 11.7 Å². The van der Waals surface area contributed by atoms with Crippen molar-refractivity contribution in [2.24, 2.45) is 9.98 Å². The minimum atomic E-state index is -0.283. The highest BCUT2D eigenvalue weighted by molar-refractivity contribution is 5.98. The highest BCUT2D eigenvalue weighted by Crippen LogP contribution is 2.11. The number of hydrazine groups is 1. The van der Waals surface area contributed by atoms with Crippen molar-refractivity contribution in [3.05, 3.63) is 0 Å². The fourth-order valence-corrected chi connectivity index (χ4v) is 1.52. The van der Waals surface area contributed by atoms with Crippen LogP contribution >= 0.6 is 0 Å². The lowest BCUT2D eigenvalue weighted by atomic mass is 10.3. The Labute approximate surface area is 97.6 Å². The minimum Gasteiger partial charge on any atom is -0.341 e. The third kappa shape index (κ3) is 3.02. The number of ether oxygens (including phenoxy) is 1. The first-order valence-corrected chi connectivity index (χ1v) is 5.96. The summed E-state index contributed by atoms with van der Waals surface area (Å²) in [4.78, 5) is 8.92. The number of nitrogens with one attached hydrogen (secondary N) is 1.